The van der Waals surface area contributed by atoms with Crippen LogP contribution in [0, 0.1) is 0 Å². The van der Waals surface area contributed by atoms with Gasteiger partial charge in [-0.1, -0.05) is 340 Å². The van der Waals surface area contributed by atoms with Crippen LogP contribution >= 0.6 is 0 Å². The second-order valence-corrected chi connectivity index (χ2v) is 31.3. The summed E-state index contributed by atoms with van der Waals surface area (Å²) in [6, 6.07) is 153. The summed E-state index contributed by atoms with van der Waals surface area (Å²) in [6.45, 7) is 0. The van der Waals surface area contributed by atoms with Gasteiger partial charge in [0, 0.05) is 98.6 Å². The Kier molecular flexibility index (Phi) is 18.3. The minimum absolute atomic E-state index is 0.709. The van der Waals surface area contributed by atoms with Crippen LogP contribution < -0.4 is 0 Å². The van der Waals surface area contributed by atoms with E-state index in [4.69, 9.17) is 29.9 Å². The van der Waals surface area contributed by atoms with Crippen LogP contribution in [-0.2, 0) is 0 Å². The molecule has 0 aliphatic heterocycles. The van der Waals surface area contributed by atoms with E-state index in [0.29, 0.717) is 11.6 Å². The monoisotopic (exact) mass is 1600 g/mol. The third-order valence-electron chi connectivity index (χ3n) is 24.0. The minimum Gasteiger partial charge on any atom is -0.309 e. The van der Waals surface area contributed by atoms with Gasteiger partial charge in [0.2, 0.25) is 0 Å². The van der Waals surface area contributed by atoms with Crippen molar-refractivity contribution in [3.63, 3.8) is 0 Å². The molecule has 0 atom stereocenters. The average Bonchev–Trinajstić information content (AvgIpc) is 1.58. The maximum atomic E-state index is 5.19. The van der Waals surface area contributed by atoms with Gasteiger partial charge in [0.05, 0.1) is 108 Å². The Morgan fingerprint density at radius 3 is 0.664 bits per heavy atom. The molecule has 25 rings (SSSR count). The lowest BCUT2D eigenvalue weighted by Gasteiger charge is -2.14. The normalized spacial score (nSPS) is 11.5. The smallest absolute Gasteiger partial charge is 0.159 e. The van der Waals surface area contributed by atoms with Crippen LogP contribution in [0.4, 0.5) is 0 Å². The van der Waals surface area contributed by atoms with Crippen molar-refractivity contribution in [2.24, 2.45) is 0 Å². The minimum atomic E-state index is 0.709. The summed E-state index contributed by atoms with van der Waals surface area (Å²) in [5.41, 5.74) is 28.0. The Morgan fingerprint density at radius 1 is 0.144 bits per heavy atom. The number of hydrogen-bond acceptors (Lipinski definition) is 6. The summed E-state index contributed by atoms with van der Waals surface area (Å²) >= 11 is 0. The molecule has 0 spiro atoms. The topological polar surface area (TPSA) is 102 Å². The Hall–Kier alpha value is -17.0. The van der Waals surface area contributed by atoms with Gasteiger partial charge in [-0.2, -0.15) is 0 Å². The molecule has 0 fully saturated rings. The molecule has 0 N–H and O–H groups in total. The van der Waals surface area contributed by atoms with Gasteiger partial charge in [-0.05, 0) is 108 Å². The second-order valence-electron chi connectivity index (χ2n) is 31.3. The predicted molar refractivity (Wildman–Crippen MR) is 516 cm³/mol. The van der Waals surface area contributed by atoms with Crippen molar-refractivity contribution in [3.05, 3.63) is 455 Å². The van der Waals surface area contributed by atoms with Crippen LogP contribution in [0.2, 0.25) is 0 Å². The first-order valence-electron chi connectivity index (χ1n) is 42.1. The zero-order valence-electron chi connectivity index (χ0n) is 67.7. The van der Waals surface area contributed by atoms with Crippen molar-refractivity contribution < 1.29 is 0 Å². The highest BCUT2D eigenvalue weighted by Gasteiger charge is 2.25. The van der Waals surface area contributed by atoms with Crippen molar-refractivity contribution in [2.75, 3.05) is 0 Å². The van der Waals surface area contributed by atoms with Crippen molar-refractivity contribution in [1.82, 2.24) is 52.7 Å². The summed E-state index contributed by atoms with van der Waals surface area (Å²) in [5, 5.41) is 12.2. The Balaban J connectivity index is 0.000000111. The first-order chi connectivity index (χ1) is 62.1. The molecule has 0 aliphatic rings. The first-order valence-corrected chi connectivity index (χ1v) is 42.1. The van der Waals surface area contributed by atoms with E-state index in [9.17, 15) is 0 Å². The van der Waals surface area contributed by atoms with Gasteiger partial charge >= 0.3 is 0 Å². The highest BCUT2D eigenvalue weighted by Crippen LogP contribution is 2.44. The van der Waals surface area contributed by atoms with E-state index < -0.39 is 0 Å². The molecular weight excluding hydrogens is 1520 g/mol. The van der Waals surface area contributed by atoms with Crippen LogP contribution in [-0.4, -0.2) is 52.7 Å². The van der Waals surface area contributed by atoms with E-state index in [2.05, 4.69) is 375 Å². The number of aromatic nitrogens is 11. The fourth-order valence-electron chi connectivity index (χ4n) is 18.4. The van der Waals surface area contributed by atoms with Crippen LogP contribution in [0.3, 0.4) is 0 Å². The molecule has 8 heterocycles. The third-order valence-corrected chi connectivity index (χ3v) is 24.0. The Bertz CT molecular complexity index is 8280. The van der Waals surface area contributed by atoms with Gasteiger partial charge in [0.1, 0.15) is 0 Å². The molecule has 0 aliphatic carbocycles. The van der Waals surface area contributed by atoms with E-state index in [1.807, 2.05) is 104 Å². The fourth-order valence-corrected chi connectivity index (χ4v) is 18.4. The molecule has 0 saturated heterocycles. The number of rotatable bonds is 12. The molecule has 0 bridgehead atoms. The van der Waals surface area contributed by atoms with Gasteiger partial charge in [0.15, 0.2) is 17.5 Å². The van der Waals surface area contributed by atoms with Crippen LogP contribution in [0.5, 0.6) is 0 Å². The fraction of sp³-hybridized carbons (Fsp3) is 0. The number of fused-ring (bicyclic) bond motifs is 15. The number of para-hydroxylation sites is 8. The van der Waals surface area contributed by atoms with Crippen LogP contribution in [0.25, 0.3) is 217 Å². The van der Waals surface area contributed by atoms with E-state index in [0.717, 1.165) is 118 Å². The molecule has 586 valence electrons. The molecule has 0 unspecified atom stereocenters. The second kappa shape index (κ2) is 31.3. The lowest BCUT2D eigenvalue weighted by Crippen LogP contribution is -2.02. The van der Waals surface area contributed by atoms with E-state index in [1.165, 1.54) is 87.1 Å². The predicted octanol–water partition coefficient (Wildman–Crippen LogP) is 28.6. The van der Waals surface area contributed by atoms with Crippen LogP contribution in [0.15, 0.2) is 455 Å². The zero-order chi connectivity index (χ0) is 82.7. The number of nitrogens with zero attached hydrogens (tertiary/aromatic N) is 11. The maximum absolute atomic E-state index is 5.19. The summed E-state index contributed by atoms with van der Waals surface area (Å²) in [5.74, 6) is 2.15. The van der Waals surface area contributed by atoms with Crippen molar-refractivity contribution in [3.8, 4) is 107 Å². The maximum Gasteiger partial charge on any atom is 0.159 e. The molecule has 0 radical (unpaired) electrons. The van der Waals surface area contributed by atoms with Gasteiger partial charge in [0.25, 0.3) is 0 Å². The van der Waals surface area contributed by atoms with E-state index in [1.54, 1.807) is 0 Å². The highest BCUT2D eigenvalue weighted by atomic mass is 15.1. The van der Waals surface area contributed by atoms with Gasteiger partial charge in [-0.15, -0.1) is 0 Å². The molecule has 11 heteroatoms. The molecule has 8 aromatic heterocycles. The molecule has 11 nitrogen and oxygen atoms in total. The third kappa shape index (κ3) is 12.9. The van der Waals surface area contributed by atoms with Crippen molar-refractivity contribution in [2.45, 2.75) is 0 Å². The molecule has 0 saturated carbocycles. The largest absolute Gasteiger partial charge is 0.309 e. The standard InChI is InChI=1S/C46H30N4.C40H26N4.C28H19N3/c1-4-14-31(15-5-1)45-44(30-47-46(48-45)32-16-6-2-7-17-32)50-41-23-13-11-21-37(41)39-29-34(25-27-43(39)50)33-24-26-42-38(28-33)36-20-10-12-22-40(36)49(42)35-18-8-3-9-19-35;1-3-13-27(14-4-1)39-38(26-41-40(42-39)28-15-5-2-6-16-28)44-36-22-12-9-19-32(36)33-25-29(23-24-37(33)44)43-34-20-10-7-17-30(34)31-18-8-11-21-35(31)43;1-3-11-20(12-4-1)27-26(19-29-28(30-27)21-13-5-2-6-14-21)31-24-17-9-7-15-22(24)23-16-8-10-18-25(23)31/h1-30H;1-26H;1-19H. The number of hydrogen-bond donors (Lipinski definition) is 0. The summed E-state index contributed by atoms with van der Waals surface area (Å²) in [4.78, 5) is 30.0. The van der Waals surface area contributed by atoms with Crippen molar-refractivity contribution in [1.29, 1.82) is 0 Å². The number of benzene rings is 17. The molecule has 0 amide bonds. The van der Waals surface area contributed by atoms with Crippen molar-refractivity contribution >= 4 is 109 Å². The van der Waals surface area contributed by atoms with Gasteiger partial charge in [-0.3, -0.25) is 0 Å². The molecular formula is C114H75N11. The molecule has 25 aromatic rings. The lowest BCUT2D eigenvalue weighted by atomic mass is 10.0. The van der Waals surface area contributed by atoms with Gasteiger partial charge in [-0.25, -0.2) is 29.9 Å². The summed E-state index contributed by atoms with van der Waals surface area (Å²) in [7, 11) is 0. The zero-order valence-corrected chi connectivity index (χ0v) is 67.7. The van der Waals surface area contributed by atoms with Crippen LogP contribution in [0.1, 0.15) is 0 Å². The summed E-state index contributed by atoms with van der Waals surface area (Å²) in [6.07, 6.45) is 5.91. The Morgan fingerprint density at radius 2 is 0.360 bits per heavy atom. The molecule has 17 aromatic carbocycles. The highest BCUT2D eigenvalue weighted by molar-refractivity contribution is 6.16. The molecule has 125 heavy (non-hydrogen) atoms. The van der Waals surface area contributed by atoms with E-state index >= 15 is 0 Å². The first kappa shape index (κ1) is 73.1. The van der Waals surface area contributed by atoms with Gasteiger partial charge < -0.3 is 22.8 Å². The SMILES string of the molecule is c1ccc(-c2ncc(-n3c4ccccc4c4cc(-c5ccc6c(c5)c5ccccc5n6-c5ccccc5)ccc43)c(-c3ccccc3)n2)cc1.c1ccc(-c2ncc(-n3c4ccccc4c4cc(-n5c6ccccc6c6ccccc65)ccc43)c(-c3ccccc3)n2)cc1.c1ccc(-c2ncc(-n3c4ccccc4c4ccccc43)c(-c3ccccc3)n2)cc1. The van der Waals surface area contributed by atoms with E-state index in [-0.39, 0.29) is 0 Å². The quantitative estimate of drug-likeness (QED) is 0.121. The average molecular weight is 1600 g/mol. The summed E-state index contributed by atoms with van der Waals surface area (Å²) < 4.78 is 11.7. The Labute approximate surface area is 719 Å². The lowest BCUT2D eigenvalue weighted by molar-refractivity contribution is 1.09.